The number of carbonyl (C=O) groups excluding carboxylic acids is 1. The number of aryl methyl sites for hydroxylation is 1. The van der Waals surface area contributed by atoms with Crippen molar-refractivity contribution in [2.45, 2.75) is 32.5 Å². The zero-order chi connectivity index (χ0) is 25.3. The number of carbonyl (C=O) groups is 1. The summed E-state index contributed by atoms with van der Waals surface area (Å²) < 4.78 is 44.0. The van der Waals surface area contributed by atoms with Gasteiger partial charge >= 0.3 is 12.1 Å². The number of hydrogen-bond donors (Lipinski definition) is 3. The summed E-state index contributed by atoms with van der Waals surface area (Å²) in [4.78, 5) is 22.4. The summed E-state index contributed by atoms with van der Waals surface area (Å²) in [6.45, 7) is 3.16. The summed E-state index contributed by atoms with van der Waals surface area (Å²) >= 11 is 6.20. The molecule has 3 aromatic rings. The Kier molecular flexibility index (Phi) is 6.79. The number of phenols is 1. The second-order valence-corrected chi connectivity index (χ2v) is 8.51. The first-order valence-electron chi connectivity index (χ1n) is 10.8. The highest BCUT2D eigenvalue weighted by Gasteiger charge is 2.39. The van der Waals surface area contributed by atoms with Crippen LogP contribution in [0, 0.1) is 6.92 Å². The zero-order valence-corrected chi connectivity index (χ0v) is 19.7. The number of rotatable bonds is 6. The topological polar surface area (TPSA) is 99.6 Å². The maximum atomic E-state index is 12.9. The van der Waals surface area contributed by atoms with Crippen molar-refractivity contribution in [3.05, 3.63) is 40.7 Å². The van der Waals surface area contributed by atoms with E-state index in [0.29, 0.717) is 53.0 Å². The maximum Gasteiger partial charge on any atom is 0.471 e. The van der Waals surface area contributed by atoms with Crippen LogP contribution in [0.5, 0.6) is 11.5 Å². The fourth-order valence-electron chi connectivity index (χ4n) is 4.02. The number of ether oxygens (including phenoxy) is 1. The average molecular weight is 510 g/mol. The van der Waals surface area contributed by atoms with Crippen molar-refractivity contribution < 1.29 is 27.8 Å². The van der Waals surface area contributed by atoms with E-state index in [-0.39, 0.29) is 11.4 Å². The van der Waals surface area contributed by atoms with E-state index in [1.54, 1.807) is 24.4 Å². The third kappa shape index (κ3) is 5.14. The zero-order valence-electron chi connectivity index (χ0n) is 19.0. The van der Waals surface area contributed by atoms with Gasteiger partial charge < -0.3 is 25.4 Å². The van der Waals surface area contributed by atoms with Crippen molar-refractivity contribution in [1.82, 2.24) is 9.97 Å². The van der Waals surface area contributed by atoms with Crippen molar-refractivity contribution in [2.75, 3.05) is 35.7 Å². The molecule has 0 aliphatic carbocycles. The lowest BCUT2D eigenvalue weighted by atomic mass is 10.1. The number of nitrogens with zero attached hydrogens (tertiary/aromatic N) is 3. The number of aromatic hydroxyl groups is 1. The van der Waals surface area contributed by atoms with Gasteiger partial charge in [0, 0.05) is 25.0 Å². The minimum absolute atomic E-state index is 0.263. The third-order valence-corrected chi connectivity index (χ3v) is 5.95. The molecule has 1 aliphatic heterocycles. The molecule has 1 fully saturated rings. The molecule has 35 heavy (non-hydrogen) atoms. The number of fused-ring (bicyclic) bond motifs is 1. The minimum Gasteiger partial charge on any atom is -0.504 e. The van der Waals surface area contributed by atoms with E-state index in [1.165, 1.54) is 13.2 Å². The van der Waals surface area contributed by atoms with Gasteiger partial charge in [-0.2, -0.15) is 13.2 Å². The van der Waals surface area contributed by atoms with Gasteiger partial charge in [0.15, 0.2) is 5.75 Å². The van der Waals surface area contributed by atoms with Crippen LogP contribution in [0.1, 0.15) is 24.2 Å². The molecular formula is C23H23ClF3N5O3. The molecule has 0 bridgehead atoms. The molecule has 0 atom stereocenters. The summed E-state index contributed by atoms with van der Waals surface area (Å²) in [7, 11) is 1.51. The van der Waals surface area contributed by atoms with E-state index in [0.717, 1.165) is 18.4 Å². The predicted molar refractivity (Wildman–Crippen MR) is 127 cm³/mol. The SMILES string of the molecule is COc1ccc(CNc2nc(C)nc3c(N4CCCC4)c(O)c(NC(=O)C(F)(F)F)cc23)cc1Cl. The number of hydrogen-bond acceptors (Lipinski definition) is 7. The third-order valence-electron chi connectivity index (χ3n) is 5.65. The van der Waals surface area contributed by atoms with Gasteiger partial charge in [0.25, 0.3) is 0 Å². The molecule has 1 amide bonds. The monoisotopic (exact) mass is 509 g/mol. The lowest BCUT2D eigenvalue weighted by Crippen LogP contribution is -2.30. The van der Waals surface area contributed by atoms with Gasteiger partial charge in [0.1, 0.15) is 28.6 Å². The molecular weight excluding hydrogens is 487 g/mol. The number of halogens is 4. The van der Waals surface area contributed by atoms with Crippen LogP contribution in [0.4, 0.5) is 30.4 Å². The molecule has 8 nitrogen and oxygen atoms in total. The number of amides is 1. The molecule has 0 unspecified atom stereocenters. The van der Waals surface area contributed by atoms with Crippen LogP contribution in [0.15, 0.2) is 24.3 Å². The average Bonchev–Trinajstić information content (AvgIpc) is 3.32. The molecule has 1 aliphatic rings. The highest BCUT2D eigenvalue weighted by Crippen LogP contribution is 2.44. The molecule has 3 N–H and O–H groups in total. The molecule has 1 aromatic heterocycles. The van der Waals surface area contributed by atoms with Gasteiger partial charge in [-0.15, -0.1) is 0 Å². The molecule has 2 aromatic carbocycles. The number of methoxy groups -OCH3 is 1. The number of benzene rings is 2. The van der Waals surface area contributed by atoms with Gasteiger partial charge in [-0.25, -0.2) is 9.97 Å². The van der Waals surface area contributed by atoms with Crippen LogP contribution in [0.25, 0.3) is 10.9 Å². The van der Waals surface area contributed by atoms with Crippen LogP contribution >= 0.6 is 11.6 Å². The lowest BCUT2D eigenvalue weighted by Gasteiger charge is -2.23. The molecule has 0 spiro atoms. The summed E-state index contributed by atoms with van der Waals surface area (Å²) in [5.41, 5.74) is 1.07. The van der Waals surface area contributed by atoms with Crippen molar-refractivity contribution in [3.63, 3.8) is 0 Å². The Morgan fingerprint density at radius 1 is 1.23 bits per heavy atom. The molecule has 4 rings (SSSR count). The molecule has 0 radical (unpaired) electrons. The van der Waals surface area contributed by atoms with E-state index in [4.69, 9.17) is 16.3 Å². The number of phenolic OH excluding ortho intramolecular Hbond substituents is 1. The van der Waals surface area contributed by atoms with E-state index >= 15 is 0 Å². The highest BCUT2D eigenvalue weighted by atomic mass is 35.5. The summed E-state index contributed by atoms with van der Waals surface area (Å²) in [5.74, 6) is -1.39. The van der Waals surface area contributed by atoms with Crippen LogP contribution in [0.3, 0.4) is 0 Å². The van der Waals surface area contributed by atoms with Crippen molar-refractivity contribution >= 4 is 45.6 Å². The Labute approximate surface area is 204 Å². The molecule has 186 valence electrons. The molecule has 1 saturated heterocycles. The van der Waals surface area contributed by atoms with Crippen LogP contribution in [-0.4, -0.2) is 47.4 Å². The van der Waals surface area contributed by atoms with E-state index in [2.05, 4.69) is 15.3 Å². The number of anilines is 3. The maximum absolute atomic E-state index is 12.9. The summed E-state index contributed by atoms with van der Waals surface area (Å²) in [6.07, 6.45) is -3.41. The normalized spacial score (nSPS) is 13.8. The van der Waals surface area contributed by atoms with Gasteiger partial charge in [-0.05, 0) is 43.5 Å². The second-order valence-electron chi connectivity index (χ2n) is 8.11. The van der Waals surface area contributed by atoms with Crippen molar-refractivity contribution in [2.24, 2.45) is 0 Å². The van der Waals surface area contributed by atoms with Gasteiger partial charge in [0.05, 0.1) is 17.8 Å². The van der Waals surface area contributed by atoms with Gasteiger partial charge in [-0.1, -0.05) is 17.7 Å². The predicted octanol–water partition coefficient (Wildman–Crippen LogP) is 5.02. The Hall–Kier alpha value is -3.47. The number of nitrogens with one attached hydrogen (secondary N) is 2. The van der Waals surface area contributed by atoms with E-state index in [9.17, 15) is 23.1 Å². The fraction of sp³-hybridized carbons (Fsp3) is 0.348. The van der Waals surface area contributed by atoms with Crippen molar-refractivity contribution in [3.8, 4) is 11.5 Å². The highest BCUT2D eigenvalue weighted by molar-refractivity contribution is 6.32. The van der Waals surface area contributed by atoms with Gasteiger partial charge in [-0.3, -0.25) is 4.79 Å². The Balaban J connectivity index is 1.80. The molecule has 2 heterocycles. The first kappa shape index (κ1) is 24.6. The van der Waals surface area contributed by atoms with E-state index < -0.39 is 17.8 Å². The first-order valence-corrected chi connectivity index (χ1v) is 11.2. The minimum atomic E-state index is -5.12. The summed E-state index contributed by atoms with van der Waals surface area (Å²) in [6, 6.07) is 6.50. The van der Waals surface area contributed by atoms with Gasteiger partial charge in [0.2, 0.25) is 0 Å². The Morgan fingerprint density at radius 3 is 2.57 bits per heavy atom. The van der Waals surface area contributed by atoms with Crippen LogP contribution < -0.4 is 20.3 Å². The lowest BCUT2D eigenvalue weighted by molar-refractivity contribution is -0.167. The number of alkyl halides is 3. The number of aromatic nitrogens is 2. The fourth-order valence-corrected chi connectivity index (χ4v) is 4.30. The van der Waals surface area contributed by atoms with E-state index in [1.807, 2.05) is 11.0 Å². The molecule has 0 saturated carbocycles. The smallest absolute Gasteiger partial charge is 0.471 e. The standard InChI is InChI=1S/C23H23ClF3N5O3/c1-12-29-18-14(21(30-12)28-11-13-5-6-17(35-2)15(24)9-13)10-16(31-22(34)23(25,26)27)20(33)19(18)32-7-3-4-8-32/h5-6,9-10,33H,3-4,7-8,11H2,1-2H3,(H,31,34)(H,28,29,30). The molecule has 12 heteroatoms. The van der Waals surface area contributed by atoms with Crippen molar-refractivity contribution in [1.29, 1.82) is 0 Å². The quantitative estimate of drug-likeness (QED) is 0.401. The first-order chi connectivity index (χ1) is 16.6. The Bertz CT molecular complexity index is 1280. The Morgan fingerprint density at radius 2 is 1.94 bits per heavy atom. The summed E-state index contributed by atoms with van der Waals surface area (Å²) in [5, 5.41) is 16.6. The largest absolute Gasteiger partial charge is 0.504 e. The second kappa shape index (κ2) is 9.65. The van der Waals surface area contributed by atoms with Crippen LogP contribution in [0.2, 0.25) is 5.02 Å². The van der Waals surface area contributed by atoms with Crippen LogP contribution in [-0.2, 0) is 11.3 Å².